The number of nitrogens with two attached hydrogens (primary N) is 1. The maximum absolute atomic E-state index is 13.0. The highest BCUT2D eigenvalue weighted by Crippen LogP contribution is 2.20. The molecular weight excluding hydrogens is 328 g/mol. The minimum Gasteiger partial charge on any atom is -0.304 e. The van der Waals surface area contributed by atoms with E-state index in [1.807, 2.05) is 30.3 Å². The third-order valence-corrected chi connectivity index (χ3v) is 3.93. The van der Waals surface area contributed by atoms with Gasteiger partial charge >= 0.3 is 0 Å². The Kier molecular flexibility index (Phi) is 5.36. The van der Waals surface area contributed by atoms with Gasteiger partial charge in [0.1, 0.15) is 0 Å². The Balaban J connectivity index is 1.89. The molecule has 1 heterocycles. The van der Waals surface area contributed by atoms with E-state index in [1.54, 1.807) is 53.7 Å². The van der Waals surface area contributed by atoms with Crippen molar-refractivity contribution in [1.82, 2.24) is 10.4 Å². The van der Waals surface area contributed by atoms with Crippen LogP contribution in [-0.2, 0) is 6.54 Å². The monoisotopic (exact) mass is 346 g/mol. The number of hydrazine groups is 1. The van der Waals surface area contributed by atoms with Gasteiger partial charge in [-0.2, -0.15) is 0 Å². The molecule has 130 valence electrons. The molecule has 0 atom stereocenters. The van der Waals surface area contributed by atoms with Crippen LogP contribution < -0.4 is 16.2 Å². The molecule has 6 heteroatoms. The first-order valence-corrected chi connectivity index (χ1v) is 8.06. The molecule has 6 nitrogen and oxygen atoms in total. The number of nitrogens with zero attached hydrogens (tertiary/aromatic N) is 2. The average molecular weight is 346 g/mol. The van der Waals surface area contributed by atoms with E-state index in [0.717, 1.165) is 11.3 Å². The van der Waals surface area contributed by atoms with Crippen molar-refractivity contribution in [2.45, 2.75) is 6.54 Å². The number of benzene rings is 2. The predicted octanol–water partition coefficient (Wildman–Crippen LogP) is 2.53. The highest BCUT2D eigenvalue weighted by atomic mass is 16.2. The van der Waals surface area contributed by atoms with Crippen molar-refractivity contribution >= 4 is 17.5 Å². The molecular formula is C20H18N4O2. The van der Waals surface area contributed by atoms with E-state index >= 15 is 0 Å². The maximum atomic E-state index is 13.0. The zero-order valence-electron chi connectivity index (χ0n) is 14.0. The summed E-state index contributed by atoms with van der Waals surface area (Å²) in [6.45, 7) is 0.371. The number of aromatic nitrogens is 1. The van der Waals surface area contributed by atoms with E-state index in [-0.39, 0.29) is 11.8 Å². The summed E-state index contributed by atoms with van der Waals surface area (Å²) in [6, 6.07) is 19.8. The topological polar surface area (TPSA) is 88.3 Å². The third kappa shape index (κ3) is 3.93. The first-order valence-electron chi connectivity index (χ1n) is 8.06. The van der Waals surface area contributed by atoms with E-state index < -0.39 is 0 Å². The van der Waals surface area contributed by atoms with Gasteiger partial charge in [-0.1, -0.05) is 30.3 Å². The molecule has 2 amide bonds. The molecule has 0 saturated carbocycles. The molecule has 3 rings (SSSR count). The number of nitrogens with one attached hydrogen (secondary N) is 1. The molecule has 3 N–H and O–H groups in total. The number of hydrogen-bond acceptors (Lipinski definition) is 4. The van der Waals surface area contributed by atoms with Crippen molar-refractivity contribution < 1.29 is 9.59 Å². The lowest BCUT2D eigenvalue weighted by Gasteiger charge is -2.23. The number of nitrogen functional groups attached to an aromatic ring is 1. The van der Waals surface area contributed by atoms with Gasteiger partial charge in [-0.05, 0) is 42.0 Å². The second-order valence-electron chi connectivity index (χ2n) is 5.63. The van der Waals surface area contributed by atoms with Gasteiger partial charge < -0.3 is 4.90 Å². The number of anilines is 1. The maximum Gasteiger partial charge on any atom is 0.265 e. The Morgan fingerprint density at radius 1 is 0.885 bits per heavy atom. The minimum absolute atomic E-state index is 0.123. The molecule has 0 aliphatic heterocycles. The SMILES string of the molecule is NNC(=O)c1ccc(CN(C(=O)c2ccncc2)c2ccccc2)cc1. The van der Waals surface area contributed by atoms with Gasteiger partial charge in [-0.25, -0.2) is 5.84 Å². The van der Waals surface area contributed by atoms with Crippen molar-refractivity contribution in [3.8, 4) is 0 Å². The quantitative estimate of drug-likeness (QED) is 0.422. The van der Waals surface area contributed by atoms with Crippen molar-refractivity contribution in [3.05, 3.63) is 95.8 Å². The van der Waals surface area contributed by atoms with Crippen LogP contribution in [0.3, 0.4) is 0 Å². The Hall–Kier alpha value is -3.51. The number of pyridine rings is 1. The van der Waals surface area contributed by atoms with Crippen molar-refractivity contribution in [2.24, 2.45) is 5.84 Å². The molecule has 3 aromatic rings. The number of rotatable bonds is 5. The van der Waals surface area contributed by atoms with Crippen LogP contribution in [-0.4, -0.2) is 16.8 Å². The van der Waals surface area contributed by atoms with Gasteiger partial charge in [0, 0.05) is 29.2 Å². The van der Waals surface area contributed by atoms with Gasteiger partial charge in [-0.15, -0.1) is 0 Å². The first kappa shape index (κ1) is 17.3. The normalized spacial score (nSPS) is 10.2. The molecule has 0 fully saturated rings. The second-order valence-corrected chi connectivity index (χ2v) is 5.63. The van der Waals surface area contributed by atoms with Crippen LogP contribution in [0.4, 0.5) is 5.69 Å². The highest BCUT2D eigenvalue weighted by molar-refractivity contribution is 6.05. The number of hydrogen-bond donors (Lipinski definition) is 2. The fourth-order valence-corrected chi connectivity index (χ4v) is 2.57. The molecule has 0 aliphatic carbocycles. The zero-order chi connectivity index (χ0) is 18.4. The summed E-state index contributed by atoms with van der Waals surface area (Å²) in [7, 11) is 0. The fraction of sp³-hybridized carbons (Fsp3) is 0.0500. The van der Waals surface area contributed by atoms with Crippen LogP contribution in [0.5, 0.6) is 0 Å². The lowest BCUT2D eigenvalue weighted by atomic mass is 10.1. The van der Waals surface area contributed by atoms with Crippen molar-refractivity contribution in [2.75, 3.05) is 4.90 Å². The summed E-state index contributed by atoms with van der Waals surface area (Å²) in [4.78, 5) is 30.2. The standard InChI is InChI=1S/C20H18N4O2/c21-23-19(25)16-8-6-15(7-9-16)14-24(18-4-2-1-3-5-18)20(26)17-10-12-22-13-11-17/h1-13H,14,21H2,(H,23,25). The van der Waals surface area contributed by atoms with Crippen LogP contribution in [0, 0.1) is 0 Å². The number of para-hydroxylation sites is 1. The van der Waals surface area contributed by atoms with Crippen molar-refractivity contribution in [3.63, 3.8) is 0 Å². The lowest BCUT2D eigenvalue weighted by Crippen LogP contribution is -2.31. The molecule has 0 radical (unpaired) electrons. The summed E-state index contributed by atoms with van der Waals surface area (Å²) in [5, 5.41) is 0. The summed E-state index contributed by atoms with van der Waals surface area (Å²) >= 11 is 0. The fourth-order valence-electron chi connectivity index (χ4n) is 2.57. The third-order valence-electron chi connectivity index (χ3n) is 3.93. The van der Waals surface area contributed by atoms with E-state index in [0.29, 0.717) is 17.7 Å². The Morgan fingerprint density at radius 3 is 2.15 bits per heavy atom. The molecule has 0 unspecified atom stereocenters. The predicted molar refractivity (Wildman–Crippen MR) is 99.3 cm³/mol. The van der Waals surface area contributed by atoms with E-state index in [4.69, 9.17) is 5.84 Å². The Labute approximate surface area is 151 Å². The molecule has 0 bridgehead atoms. The number of carbonyl (C=O) groups is 2. The largest absolute Gasteiger partial charge is 0.304 e. The van der Waals surface area contributed by atoms with Gasteiger partial charge in [0.25, 0.3) is 11.8 Å². The van der Waals surface area contributed by atoms with Crippen LogP contribution in [0.25, 0.3) is 0 Å². The Morgan fingerprint density at radius 2 is 1.54 bits per heavy atom. The lowest BCUT2D eigenvalue weighted by molar-refractivity contribution is 0.0951. The van der Waals surface area contributed by atoms with Gasteiger partial charge in [0.2, 0.25) is 0 Å². The minimum atomic E-state index is -0.357. The van der Waals surface area contributed by atoms with Gasteiger partial charge in [0.15, 0.2) is 0 Å². The first-order chi connectivity index (χ1) is 12.7. The molecule has 26 heavy (non-hydrogen) atoms. The van der Waals surface area contributed by atoms with Crippen LogP contribution >= 0.6 is 0 Å². The highest BCUT2D eigenvalue weighted by Gasteiger charge is 2.18. The molecule has 2 aromatic carbocycles. The summed E-state index contributed by atoms with van der Waals surface area (Å²) in [5.74, 6) is 4.67. The van der Waals surface area contributed by atoms with Crippen LogP contribution in [0.2, 0.25) is 0 Å². The zero-order valence-corrected chi connectivity index (χ0v) is 14.0. The second kappa shape index (κ2) is 8.04. The van der Waals surface area contributed by atoms with Gasteiger partial charge in [-0.3, -0.25) is 20.0 Å². The van der Waals surface area contributed by atoms with E-state index in [9.17, 15) is 9.59 Å². The van der Waals surface area contributed by atoms with E-state index in [1.165, 1.54) is 0 Å². The number of carbonyl (C=O) groups excluding carboxylic acids is 2. The summed E-state index contributed by atoms with van der Waals surface area (Å²) in [6.07, 6.45) is 3.19. The van der Waals surface area contributed by atoms with Crippen molar-refractivity contribution in [1.29, 1.82) is 0 Å². The molecule has 1 aromatic heterocycles. The molecule has 0 spiro atoms. The van der Waals surface area contributed by atoms with Gasteiger partial charge in [0.05, 0.1) is 6.54 Å². The smallest absolute Gasteiger partial charge is 0.265 e. The number of amides is 2. The molecule has 0 saturated heterocycles. The van der Waals surface area contributed by atoms with Crippen LogP contribution in [0.15, 0.2) is 79.1 Å². The summed E-state index contributed by atoms with van der Waals surface area (Å²) in [5.41, 5.74) is 4.80. The van der Waals surface area contributed by atoms with E-state index in [2.05, 4.69) is 10.4 Å². The Bertz CT molecular complexity index is 881. The van der Waals surface area contributed by atoms with Crippen LogP contribution in [0.1, 0.15) is 26.3 Å². The average Bonchev–Trinajstić information content (AvgIpc) is 2.72. The molecule has 0 aliphatic rings. The summed E-state index contributed by atoms with van der Waals surface area (Å²) < 4.78 is 0.